The van der Waals surface area contributed by atoms with Crippen LogP contribution in [0.1, 0.15) is 113 Å². The zero-order chi connectivity index (χ0) is 21.8. The van der Waals surface area contributed by atoms with Crippen molar-refractivity contribution in [2.75, 3.05) is 0 Å². The van der Waals surface area contributed by atoms with Crippen molar-refractivity contribution >= 4 is 11.8 Å². The Morgan fingerprint density at radius 2 is 1.67 bits per heavy atom. The number of rotatable bonds is 12. The second-order valence-electron chi connectivity index (χ2n) is 8.73. The van der Waals surface area contributed by atoms with Gasteiger partial charge < -0.3 is 4.74 Å². The Morgan fingerprint density at radius 3 is 2.27 bits per heavy atom. The summed E-state index contributed by atoms with van der Waals surface area (Å²) in [4.78, 5) is 24.3. The Kier molecular flexibility index (Phi) is 10.7. The summed E-state index contributed by atoms with van der Waals surface area (Å²) in [7, 11) is 0. The van der Waals surface area contributed by atoms with E-state index < -0.39 is 17.9 Å². The van der Waals surface area contributed by atoms with Gasteiger partial charge in [0.15, 0.2) is 6.10 Å². The molecule has 0 amide bonds. The van der Waals surface area contributed by atoms with Gasteiger partial charge in [-0.1, -0.05) is 64.5 Å². The van der Waals surface area contributed by atoms with Crippen molar-refractivity contribution in [3.8, 4) is 12.3 Å². The topological polar surface area (TPSA) is 43.4 Å². The number of unbranched alkanes of at least 4 members (excludes halogenated alkanes) is 4. The number of carbonyl (C=O) groups is 2. The van der Waals surface area contributed by atoms with Gasteiger partial charge in [0.2, 0.25) is 5.78 Å². The smallest absolute Gasteiger partial charge is 0.338 e. The predicted molar refractivity (Wildman–Crippen MR) is 122 cm³/mol. The maximum Gasteiger partial charge on any atom is 0.338 e. The van der Waals surface area contributed by atoms with Crippen LogP contribution in [0.5, 0.6) is 0 Å². The predicted octanol–water partition coefficient (Wildman–Crippen LogP) is 6.85. The Balaban J connectivity index is 1.85. The number of ether oxygens (including phenoxy) is 1. The fourth-order valence-corrected chi connectivity index (χ4v) is 4.46. The molecule has 0 N–H and O–H groups in total. The average molecular weight is 411 g/mol. The molecule has 0 heterocycles. The molecule has 1 aliphatic carbocycles. The van der Waals surface area contributed by atoms with Gasteiger partial charge in [-0.25, -0.2) is 4.79 Å². The molecule has 0 spiro atoms. The third-order valence-corrected chi connectivity index (χ3v) is 6.43. The number of hydrogen-bond donors (Lipinski definition) is 0. The van der Waals surface area contributed by atoms with Gasteiger partial charge in [0, 0.05) is 0 Å². The van der Waals surface area contributed by atoms with E-state index in [9.17, 15) is 9.59 Å². The average Bonchev–Trinajstić information content (AvgIpc) is 2.79. The van der Waals surface area contributed by atoms with Crippen LogP contribution >= 0.6 is 0 Å². The highest BCUT2D eigenvalue weighted by Crippen LogP contribution is 2.37. The molecule has 0 radical (unpaired) electrons. The summed E-state index contributed by atoms with van der Waals surface area (Å²) in [6.07, 6.45) is 18.5. The van der Waals surface area contributed by atoms with Gasteiger partial charge in [-0.05, 0) is 74.0 Å². The quantitative estimate of drug-likeness (QED) is 0.164. The first kappa shape index (κ1) is 24.2. The largest absolute Gasteiger partial charge is 0.450 e. The fraction of sp³-hybridized carbons (Fsp3) is 0.630. The molecule has 0 aliphatic heterocycles. The minimum absolute atomic E-state index is 0.458. The van der Waals surface area contributed by atoms with E-state index in [2.05, 4.69) is 12.8 Å². The molecule has 1 aromatic rings. The molecule has 0 bridgehead atoms. The van der Waals surface area contributed by atoms with Crippen molar-refractivity contribution in [3.05, 3.63) is 35.4 Å². The van der Waals surface area contributed by atoms with E-state index in [0.29, 0.717) is 17.9 Å². The minimum atomic E-state index is -0.838. The van der Waals surface area contributed by atoms with Crippen molar-refractivity contribution < 1.29 is 14.3 Å². The summed E-state index contributed by atoms with van der Waals surface area (Å²) in [5, 5.41) is 0. The second-order valence-corrected chi connectivity index (χ2v) is 8.73. The lowest BCUT2D eigenvalue weighted by atomic mass is 9.77. The number of carbonyl (C=O) groups excluding carboxylic acids is 2. The summed E-state index contributed by atoms with van der Waals surface area (Å²) in [6, 6.07) is 7.75. The van der Waals surface area contributed by atoms with E-state index >= 15 is 0 Å². The van der Waals surface area contributed by atoms with Gasteiger partial charge in [-0.2, -0.15) is 0 Å². The Labute approximate surface area is 183 Å². The molecule has 1 unspecified atom stereocenters. The van der Waals surface area contributed by atoms with Crippen molar-refractivity contribution in [1.29, 1.82) is 0 Å². The van der Waals surface area contributed by atoms with Crippen molar-refractivity contribution in [1.82, 2.24) is 0 Å². The molecular weight excluding hydrogens is 372 g/mol. The summed E-state index contributed by atoms with van der Waals surface area (Å²) < 4.78 is 5.41. The summed E-state index contributed by atoms with van der Waals surface area (Å²) in [5.41, 5.74) is 1.79. The molecule has 0 aromatic heterocycles. The van der Waals surface area contributed by atoms with Crippen LogP contribution in [0, 0.1) is 18.3 Å². The van der Waals surface area contributed by atoms with Gasteiger partial charge in [0.25, 0.3) is 0 Å². The van der Waals surface area contributed by atoms with Gasteiger partial charge in [-0.15, -0.1) is 6.42 Å². The van der Waals surface area contributed by atoms with E-state index in [1.165, 1.54) is 63.4 Å². The first-order chi connectivity index (χ1) is 14.6. The van der Waals surface area contributed by atoms with E-state index in [1.807, 2.05) is 31.2 Å². The van der Waals surface area contributed by atoms with E-state index in [4.69, 9.17) is 11.2 Å². The molecule has 1 aromatic carbocycles. The van der Waals surface area contributed by atoms with E-state index in [1.54, 1.807) is 0 Å². The van der Waals surface area contributed by atoms with Crippen molar-refractivity contribution in [3.63, 3.8) is 0 Å². The van der Waals surface area contributed by atoms with Crippen LogP contribution in [-0.4, -0.2) is 17.9 Å². The van der Waals surface area contributed by atoms with Crippen LogP contribution in [0.2, 0.25) is 0 Å². The SMILES string of the molecule is C#CC(=O)C(CCCC)OC(=O)c1ccc([C@H]2CC[C@H](CCCCCC)CC2)cc1. The molecule has 1 saturated carbocycles. The minimum Gasteiger partial charge on any atom is -0.450 e. The normalized spacial score (nSPS) is 19.6. The maximum atomic E-state index is 12.5. The summed E-state index contributed by atoms with van der Waals surface area (Å²) in [6.45, 7) is 4.29. The maximum absolute atomic E-state index is 12.5. The molecule has 0 saturated heterocycles. The zero-order valence-corrected chi connectivity index (χ0v) is 18.8. The number of esters is 1. The lowest BCUT2D eigenvalue weighted by Crippen LogP contribution is -2.26. The van der Waals surface area contributed by atoms with Gasteiger partial charge in [-0.3, -0.25) is 4.79 Å². The Hall–Kier alpha value is -2.08. The van der Waals surface area contributed by atoms with Gasteiger partial charge >= 0.3 is 5.97 Å². The highest BCUT2D eigenvalue weighted by atomic mass is 16.5. The highest BCUT2D eigenvalue weighted by molar-refractivity contribution is 6.00. The van der Waals surface area contributed by atoms with E-state index in [-0.39, 0.29) is 0 Å². The van der Waals surface area contributed by atoms with Crippen molar-refractivity contribution in [2.45, 2.75) is 103 Å². The highest BCUT2D eigenvalue weighted by Gasteiger charge is 2.24. The second kappa shape index (κ2) is 13.3. The molecule has 3 nitrogen and oxygen atoms in total. The molecule has 2 rings (SSSR count). The van der Waals surface area contributed by atoms with Crippen molar-refractivity contribution in [2.24, 2.45) is 5.92 Å². The molecule has 3 heteroatoms. The number of terminal acetylenes is 1. The summed E-state index contributed by atoms with van der Waals surface area (Å²) in [5.74, 6) is 2.64. The molecular formula is C27H38O3. The lowest BCUT2D eigenvalue weighted by molar-refractivity contribution is -0.122. The molecule has 1 atom stereocenters. The first-order valence-corrected chi connectivity index (χ1v) is 11.9. The van der Waals surface area contributed by atoms with Crippen LogP contribution in [0.4, 0.5) is 0 Å². The molecule has 1 aliphatic rings. The van der Waals surface area contributed by atoms with Crippen LogP contribution < -0.4 is 0 Å². The monoisotopic (exact) mass is 410 g/mol. The standard InChI is InChI=1S/C27H38O3/c1-4-7-9-10-11-21-13-15-22(16-14-21)23-17-19-24(20-18-23)27(29)30-26(12-8-5-2)25(28)6-3/h3,17-22,26H,4-5,7-16H2,1-2H3/t21-,22-,26?. The van der Waals surface area contributed by atoms with Crippen LogP contribution in [0.3, 0.4) is 0 Å². The van der Waals surface area contributed by atoms with E-state index in [0.717, 1.165) is 18.8 Å². The number of benzene rings is 1. The fourth-order valence-electron chi connectivity index (χ4n) is 4.46. The Morgan fingerprint density at radius 1 is 1.00 bits per heavy atom. The van der Waals surface area contributed by atoms with Gasteiger partial charge in [0.05, 0.1) is 5.56 Å². The molecule has 30 heavy (non-hydrogen) atoms. The van der Waals surface area contributed by atoms with Crippen LogP contribution in [-0.2, 0) is 9.53 Å². The third kappa shape index (κ3) is 7.63. The number of hydrogen-bond acceptors (Lipinski definition) is 3. The van der Waals surface area contributed by atoms with Crippen LogP contribution in [0.25, 0.3) is 0 Å². The molecule has 164 valence electrons. The third-order valence-electron chi connectivity index (χ3n) is 6.43. The van der Waals surface area contributed by atoms with Gasteiger partial charge in [0.1, 0.15) is 0 Å². The van der Waals surface area contributed by atoms with Crippen LogP contribution in [0.15, 0.2) is 24.3 Å². The Bertz CT molecular complexity index is 690. The number of Topliss-reactive ketones (excluding diaryl/α,β-unsaturated/α-hetero) is 1. The summed E-state index contributed by atoms with van der Waals surface area (Å²) >= 11 is 0. The zero-order valence-electron chi connectivity index (χ0n) is 18.8. The molecule has 1 fully saturated rings. The lowest BCUT2D eigenvalue weighted by Gasteiger charge is -2.29. The first-order valence-electron chi connectivity index (χ1n) is 11.9. The number of ketones is 1.